The number of aliphatic hydroxyl groups excluding tert-OH is 1. The second kappa shape index (κ2) is 7.75. The number of carbonyl (C=O) groups is 1. The number of nitrogens with one attached hydrogen (secondary N) is 1. The standard InChI is InChI=1S/C15H23NO4/c1-10(2)14(5-6-17)16-15(18)11-7-12(19-3)9-13(8-11)20-4/h7-10,14,17H,5-6H2,1-4H3,(H,16,18). The molecule has 1 atom stereocenters. The van der Waals surface area contributed by atoms with E-state index in [1.807, 2.05) is 13.8 Å². The molecule has 0 saturated heterocycles. The van der Waals surface area contributed by atoms with Crippen LogP contribution in [0.3, 0.4) is 0 Å². The van der Waals surface area contributed by atoms with Crippen LogP contribution in [0.15, 0.2) is 18.2 Å². The first-order valence-electron chi connectivity index (χ1n) is 6.66. The number of ether oxygens (including phenoxy) is 2. The number of hydrogen-bond acceptors (Lipinski definition) is 4. The van der Waals surface area contributed by atoms with Gasteiger partial charge in [0.1, 0.15) is 11.5 Å². The predicted molar refractivity (Wildman–Crippen MR) is 77.3 cm³/mol. The van der Waals surface area contributed by atoms with Crippen LogP contribution in [0.25, 0.3) is 0 Å². The van der Waals surface area contributed by atoms with Crippen molar-refractivity contribution in [3.05, 3.63) is 23.8 Å². The van der Waals surface area contributed by atoms with Gasteiger partial charge in [0.15, 0.2) is 0 Å². The molecule has 20 heavy (non-hydrogen) atoms. The number of carbonyl (C=O) groups excluding carboxylic acids is 1. The molecule has 1 amide bonds. The van der Waals surface area contributed by atoms with Crippen molar-refractivity contribution in [2.24, 2.45) is 5.92 Å². The van der Waals surface area contributed by atoms with Crippen LogP contribution in [-0.4, -0.2) is 37.9 Å². The van der Waals surface area contributed by atoms with Gasteiger partial charge in [-0.3, -0.25) is 4.79 Å². The SMILES string of the molecule is COc1cc(OC)cc(C(=O)NC(CCO)C(C)C)c1. The normalized spacial score (nSPS) is 12.1. The van der Waals surface area contributed by atoms with Gasteiger partial charge < -0.3 is 19.9 Å². The van der Waals surface area contributed by atoms with Crippen molar-refractivity contribution in [1.82, 2.24) is 5.32 Å². The van der Waals surface area contributed by atoms with Crippen LogP contribution in [0.2, 0.25) is 0 Å². The van der Waals surface area contributed by atoms with Crippen LogP contribution in [0.5, 0.6) is 11.5 Å². The lowest BCUT2D eigenvalue weighted by molar-refractivity contribution is 0.0916. The average Bonchev–Trinajstić information content (AvgIpc) is 2.45. The minimum absolute atomic E-state index is 0.0462. The molecule has 112 valence electrons. The number of rotatable bonds is 7. The summed E-state index contributed by atoms with van der Waals surface area (Å²) in [6.45, 7) is 4.06. The van der Waals surface area contributed by atoms with Crippen LogP contribution >= 0.6 is 0 Å². The first-order chi connectivity index (χ1) is 9.51. The highest BCUT2D eigenvalue weighted by molar-refractivity contribution is 5.95. The first-order valence-corrected chi connectivity index (χ1v) is 6.66. The molecule has 0 fully saturated rings. The van der Waals surface area contributed by atoms with Crippen molar-refractivity contribution >= 4 is 5.91 Å². The lowest BCUT2D eigenvalue weighted by Gasteiger charge is -2.21. The van der Waals surface area contributed by atoms with Crippen molar-refractivity contribution < 1.29 is 19.4 Å². The van der Waals surface area contributed by atoms with Gasteiger partial charge in [-0.25, -0.2) is 0 Å². The molecular weight excluding hydrogens is 258 g/mol. The molecule has 0 aliphatic carbocycles. The number of methoxy groups -OCH3 is 2. The van der Waals surface area contributed by atoms with Gasteiger partial charge >= 0.3 is 0 Å². The first kappa shape index (κ1) is 16.3. The van der Waals surface area contributed by atoms with E-state index >= 15 is 0 Å². The summed E-state index contributed by atoms with van der Waals surface area (Å²) >= 11 is 0. The Morgan fingerprint density at radius 2 is 1.75 bits per heavy atom. The van der Waals surface area contributed by atoms with E-state index in [9.17, 15) is 4.79 Å². The molecule has 0 bridgehead atoms. The Balaban J connectivity index is 2.90. The molecule has 1 aromatic rings. The Morgan fingerprint density at radius 3 is 2.15 bits per heavy atom. The molecule has 5 nitrogen and oxygen atoms in total. The topological polar surface area (TPSA) is 67.8 Å². The zero-order valence-electron chi connectivity index (χ0n) is 12.5. The predicted octanol–water partition coefficient (Wildman–Crippen LogP) is 1.84. The quantitative estimate of drug-likeness (QED) is 0.800. The van der Waals surface area contributed by atoms with Crippen molar-refractivity contribution in [2.45, 2.75) is 26.3 Å². The number of hydrogen-bond donors (Lipinski definition) is 2. The zero-order valence-corrected chi connectivity index (χ0v) is 12.5. The van der Waals surface area contributed by atoms with E-state index in [2.05, 4.69) is 5.32 Å². The van der Waals surface area contributed by atoms with E-state index < -0.39 is 0 Å². The van der Waals surface area contributed by atoms with Gasteiger partial charge in [-0.05, 0) is 24.5 Å². The minimum atomic E-state index is -0.200. The molecule has 0 heterocycles. The van der Waals surface area contributed by atoms with Gasteiger partial charge in [-0.1, -0.05) is 13.8 Å². The Kier molecular flexibility index (Phi) is 6.31. The van der Waals surface area contributed by atoms with Crippen LogP contribution in [0.4, 0.5) is 0 Å². The molecule has 0 spiro atoms. The zero-order chi connectivity index (χ0) is 15.1. The van der Waals surface area contributed by atoms with E-state index in [4.69, 9.17) is 14.6 Å². The molecule has 1 unspecified atom stereocenters. The Labute approximate surface area is 119 Å². The molecule has 5 heteroatoms. The van der Waals surface area contributed by atoms with Gasteiger partial charge in [-0.15, -0.1) is 0 Å². The fourth-order valence-corrected chi connectivity index (χ4v) is 1.90. The molecule has 1 aromatic carbocycles. The summed E-state index contributed by atoms with van der Waals surface area (Å²) in [6, 6.07) is 4.97. The fraction of sp³-hybridized carbons (Fsp3) is 0.533. The third-order valence-electron chi connectivity index (χ3n) is 3.17. The molecule has 0 saturated carbocycles. The van der Waals surface area contributed by atoms with Gasteiger partial charge in [0.2, 0.25) is 0 Å². The van der Waals surface area contributed by atoms with Crippen LogP contribution in [0.1, 0.15) is 30.6 Å². The van der Waals surface area contributed by atoms with E-state index in [0.717, 1.165) is 0 Å². The Bertz CT molecular complexity index is 423. The summed E-state index contributed by atoms with van der Waals surface area (Å²) in [5, 5.41) is 12.0. The van der Waals surface area contributed by atoms with Gasteiger partial charge in [0.25, 0.3) is 5.91 Å². The number of benzene rings is 1. The second-order valence-electron chi connectivity index (χ2n) is 4.94. The summed E-state index contributed by atoms with van der Waals surface area (Å²) in [7, 11) is 3.08. The highest BCUT2D eigenvalue weighted by Gasteiger charge is 2.17. The van der Waals surface area contributed by atoms with Gasteiger partial charge in [-0.2, -0.15) is 0 Å². The lowest BCUT2D eigenvalue weighted by Crippen LogP contribution is -2.39. The summed E-state index contributed by atoms with van der Waals surface area (Å²) < 4.78 is 10.3. The van der Waals surface area contributed by atoms with Crippen LogP contribution in [-0.2, 0) is 0 Å². The van der Waals surface area contributed by atoms with Crippen molar-refractivity contribution in [1.29, 1.82) is 0 Å². The van der Waals surface area contributed by atoms with E-state index in [1.54, 1.807) is 32.4 Å². The Morgan fingerprint density at radius 1 is 1.20 bits per heavy atom. The molecule has 2 N–H and O–H groups in total. The lowest BCUT2D eigenvalue weighted by atomic mass is 10.0. The van der Waals surface area contributed by atoms with Crippen LogP contribution < -0.4 is 14.8 Å². The van der Waals surface area contributed by atoms with E-state index in [0.29, 0.717) is 23.5 Å². The molecule has 1 rings (SSSR count). The minimum Gasteiger partial charge on any atom is -0.497 e. The second-order valence-corrected chi connectivity index (χ2v) is 4.94. The maximum absolute atomic E-state index is 12.3. The maximum Gasteiger partial charge on any atom is 0.251 e. The van der Waals surface area contributed by atoms with Crippen molar-refractivity contribution in [3.8, 4) is 11.5 Å². The molecule has 0 radical (unpaired) electrons. The van der Waals surface area contributed by atoms with E-state index in [-0.39, 0.29) is 24.5 Å². The molecule has 0 aliphatic rings. The third-order valence-corrected chi connectivity index (χ3v) is 3.17. The highest BCUT2D eigenvalue weighted by atomic mass is 16.5. The van der Waals surface area contributed by atoms with Gasteiger partial charge in [0.05, 0.1) is 14.2 Å². The monoisotopic (exact) mass is 281 g/mol. The van der Waals surface area contributed by atoms with Crippen molar-refractivity contribution in [2.75, 3.05) is 20.8 Å². The molecular formula is C15H23NO4. The molecule has 0 aromatic heterocycles. The largest absolute Gasteiger partial charge is 0.497 e. The summed E-state index contributed by atoms with van der Waals surface area (Å²) in [5.41, 5.74) is 0.477. The van der Waals surface area contributed by atoms with Gasteiger partial charge in [0, 0.05) is 24.3 Å². The fourth-order valence-electron chi connectivity index (χ4n) is 1.90. The summed E-state index contributed by atoms with van der Waals surface area (Å²) in [6.07, 6.45) is 0.532. The Hall–Kier alpha value is -1.75. The van der Waals surface area contributed by atoms with Crippen LogP contribution in [0, 0.1) is 5.92 Å². The average molecular weight is 281 g/mol. The summed E-state index contributed by atoms with van der Waals surface area (Å²) in [5.74, 6) is 1.18. The van der Waals surface area contributed by atoms with E-state index in [1.165, 1.54) is 0 Å². The number of aliphatic hydroxyl groups is 1. The smallest absolute Gasteiger partial charge is 0.251 e. The third kappa shape index (κ3) is 4.42. The molecule has 0 aliphatic heterocycles. The maximum atomic E-state index is 12.3. The number of amides is 1. The van der Waals surface area contributed by atoms with Crippen molar-refractivity contribution in [3.63, 3.8) is 0 Å². The highest BCUT2D eigenvalue weighted by Crippen LogP contribution is 2.22. The summed E-state index contributed by atoms with van der Waals surface area (Å²) in [4.78, 5) is 12.3.